The quantitative estimate of drug-likeness (QED) is 0.347. The zero-order chi connectivity index (χ0) is 10.5. The molecule has 0 N–H and O–H groups in total. The highest BCUT2D eigenvalue weighted by Gasteiger charge is 1.83. The molecular weight excluding hydrogens is 168 g/mol. The fourth-order valence-corrected chi connectivity index (χ4v) is 1.33. The number of allylic oxidation sites excluding steroid dienone is 4. The van der Waals surface area contributed by atoms with Crippen molar-refractivity contribution in [2.75, 3.05) is 0 Å². The van der Waals surface area contributed by atoms with Crippen molar-refractivity contribution < 1.29 is 0 Å². The van der Waals surface area contributed by atoms with Gasteiger partial charge in [0.05, 0.1) is 0 Å². The van der Waals surface area contributed by atoms with Crippen molar-refractivity contribution in [2.45, 2.75) is 65.2 Å². The highest BCUT2D eigenvalue weighted by molar-refractivity contribution is 4.83. The van der Waals surface area contributed by atoms with Crippen LogP contribution in [0.5, 0.6) is 0 Å². The van der Waals surface area contributed by atoms with Crippen LogP contribution in [0.15, 0.2) is 24.3 Å². The second-order valence-electron chi connectivity index (χ2n) is 3.80. The van der Waals surface area contributed by atoms with Crippen LogP contribution in [-0.4, -0.2) is 0 Å². The Balaban J connectivity index is 3.05. The van der Waals surface area contributed by atoms with Crippen LogP contribution in [-0.2, 0) is 0 Å². The van der Waals surface area contributed by atoms with Crippen LogP contribution in [0.2, 0.25) is 0 Å². The largest absolute Gasteiger partial charge is 0.0885 e. The second kappa shape index (κ2) is 12.5. The highest BCUT2D eigenvalue weighted by Crippen LogP contribution is 2.03. The third kappa shape index (κ3) is 11.5. The molecule has 82 valence electrons. The Labute approximate surface area is 90.1 Å². The molecule has 0 bridgehead atoms. The van der Waals surface area contributed by atoms with E-state index in [4.69, 9.17) is 0 Å². The molecule has 0 radical (unpaired) electrons. The van der Waals surface area contributed by atoms with Crippen molar-refractivity contribution >= 4 is 0 Å². The molecule has 0 saturated carbocycles. The van der Waals surface area contributed by atoms with E-state index in [-0.39, 0.29) is 0 Å². The summed E-state index contributed by atoms with van der Waals surface area (Å²) in [6.07, 6.45) is 19.5. The minimum absolute atomic E-state index is 1.25. The number of hydrogen-bond acceptors (Lipinski definition) is 0. The van der Waals surface area contributed by atoms with Gasteiger partial charge in [0, 0.05) is 0 Å². The maximum Gasteiger partial charge on any atom is -0.0351 e. The summed E-state index contributed by atoms with van der Waals surface area (Å²) in [4.78, 5) is 0. The lowest BCUT2D eigenvalue weighted by Gasteiger charge is -1.93. The molecule has 0 aromatic rings. The van der Waals surface area contributed by atoms with Gasteiger partial charge in [-0.2, -0.15) is 0 Å². The Kier molecular flexibility index (Phi) is 12.0. The van der Waals surface area contributed by atoms with E-state index < -0.39 is 0 Å². The SMILES string of the molecule is CCCC=CCCCCC=CCCC. The summed E-state index contributed by atoms with van der Waals surface area (Å²) in [5.41, 5.74) is 0. The summed E-state index contributed by atoms with van der Waals surface area (Å²) in [6, 6.07) is 0. The molecule has 0 fully saturated rings. The van der Waals surface area contributed by atoms with Gasteiger partial charge in [0.25, 0.3) is 0 Å². The molecule has 0 aliphatic heterocycles. The van der Waals surface area contributed by atoms with Gasteiger partial charge in [-0.25, -0.2) is 0 Å². The van der Waals surface area contributed by atoms with Crippen LogP contribution in [0.25, 0.3) is 0 Å². The maximum atomic E-state index is 2.33. The lowest BCUT2D eigenvalue weighted by Crippen LogP contribution is -1.73. The fraction of sp³-hybridized carbons (Fsp3) is 0.714. The first-order chi connectivity index (χ1) is 6.91. The van der Waals surface area contributed by atoms with Crippen LogP contribution in [0.3, 0.4) is 0 Å². The fourth-order valence-electron chi connectivity index (χ4n) is 1.33. The molecule has 0 aliphatic carbocycles. The molecule has 0 aromatic carbocycles. The monoisotopic (exact) mass is 194 g/mol. The van der Waals surface area contributed by atoms with Crippen LogP contribution in [0, 0.1) is 0 Å². The Bertz CT molecular complexity index is 124. The maximum absolute atomic E-state index is 2.33. The summed E-state index contributed by atoms with van der Waals surface area (Å²) in [5.74, 6) is 0. The van der Waals surface area contributed by atoms with Crippen LogP contribution < -0.4 is 0 Å². The third-order valence-electron chi connectivity index (χ3n) is 2.24. The van der Waals surface area contributed by atoms with E-state index in [1.54, 1.807) is 0 Å². The van der Waals surface area contributed by atoms with E-state index in [0.717, 1.165) is 0 Å². The lowest BCUT2D eigenvalue weighted by atomic mass is 10.1. The molecule has 0 rings (SSSR count). The van der Waals surface area contributed by atoms with Crippen LogP contribution in [0.1, 0.15) is 65.2 Å². The Morgan fingerprint density at radius 1 is 0.571 bits per heavy atom. The van der Waals surface area contributed by atoms with Crippen molar-refractivity contribution in [3.63, 3.8) is 0 Å². The van der Waals surface area contributed by atoms with Crippen molar-refractivity contribution in [2.24, 2.45) is 0 Å². The minimum atomic E-state index is 1.25. The predicted octanol–water partition coefficient (Wildman–Crippen LogP) is 5.26. The van der Waals surface area contributed by atoms with Gasteiger partial charge >= 0.3 is 0 Å². The Morgan fingerprint density at radius 3 is 1.29 bits per heavy atom. The molecule has 0 amide bonds. The van der Waals surface area contributed by atoms with E-state index >= 15 is 0 Å². The van der Waals surface area contributed by atoms with E-state index in [1.165, 1.54) is 51.4 Å². The first kappa shape index (κ1) is 13.5. The van der Waals surface area contributed by atoms with Crippen molar-refractivity contribution in [1.82, 2.24) is 0 Å². The number of unbranched alkanes of at least 4 members (excludes halogenated alkanes) is 5. The molecular formula is C14H26. The third-order valence-corrected chi connectivity index (χ3v) is 2.24. The summed E-state index contributed by atoms with van der Waals surface area (Å²) in [7, 11) is 0. The molecule has 0 heteroatoms. The van der Waals surface area contributed by atoms with Gasteiger partial charge in [-0.05, 0) is 38.5 Å². The van der Waals surface area contributed by atoms with Gasteiger partial charge in [-0.15, -0.1) is 0 Å². The average molecular weight is 194 g/mol. The minimum Gasteiger partial charge on any atom is -0.0885 e. The topological polar surface area (TPSA) is 0 Å². The van der Waals surface area contributed by atoms with E-state index in [1.807, 2.05) is 0 Å². The van der Waals surface area contributed by atoms with Gasteiger partial charge in [0.2, 0.25) is 0 Å². The van der Waals surface area contributed by atoms with Crippen molar-refractivity contribution in [1.29, 1.82) is 0 Å². The van der Waals surface area contributed by atoms with Gasteiger partial charge in [-0.3, -0.25) is 0 Å². The smallest absolute Gasteiger partial charge is 0.0351 e. The molecule has 0 saturated heterocycles. The normalized spacial score (nSPS) is 11.9. The van der Waals surface area contributed by atoms with E-state index in [9.17, 15) is 0 Å². The van der Waals surface area contributed by atoms with Gasteiger partial charge < -0.3 is 0 Å². The lowest BCUT2D eigenvalue weighted by molar-refractivity contribution is 0.757. The average Bonchev–Trinajstić information content (AvgIpc) is 2.21. The van der Waals surface area contributed by atoms with Gasteiger partial charge in [0.15, 0.2) is 0 Å². The van der Waals surface area contributed by atoms with Gasteiger partial charge in [0.1, 0.15) is 0 Å². The number of hydrogen-bond donors (Lipinski definition) is 0. The molecule has 0 nitrogen and oxygen atoms in total. The van der Waals surface area contributed by atoms with Crippen LogP contribution >= 0.6 is 0 Å². The second-order valence-corrected chi connectivity index (χ2v) is 3.80. The molecule has 14 heavy (non-hydrogen) atoms. The molecule has 0 aliphatic rings. The summed E-state index contributed by atoms with van der Waals surface area (Å²) >= 11 is 0. The summed E-state index contributed by atoms with van der Waals surface area (Å²) in [5, 5.41) is 0. The molecule has 0 heterocycles. The van der Waals surface area contributed by atoms with Gasteiger partial charge in [-0.1, -0.05) is 51.0 Å². The standard InChI is InChI=1S/C14H26/c1-3-5-7-9-11-13-14-12-10-8-6-4-2/h7-10H,3-6,11-14H2,1-2H3. The van der Waals surface area contributed by atoms with Crippen LogP contribution in [0.4, 0.5) is 0 Å². The molecule has 0 atom stereocenters. The van der Waals surface area contributed by atoms with Crippen molar-refractivity contribution in [3.8, 4) is 0 Å². The van der Waals surface area contributed by atoms with E-state index in [2.05, 4.69) is 38.2 Å². The summed E-state index contributed by atoms with van der Waals surface area (Å²) < 4.78 is 0. The Morgan fingerprint density at radius 2 is 0.929 bits per heavy atom. The molecule has 0 spiro atoms. The zero-order valence-corrected chi connectivity index (χ0v) is 9.97. The van der Waals surface area contributed by atoms with E-state index in [0.29, 0.717) is 0 Å². The number of rotatable bonds is 9. The highest BCUT2D eigenvalue weighted by atomic mass is 13.9. The zero-order valence-electron chi connectivity index (χ0n) is 9.97. The predicted molar refractivity (Wildman–Crippen MR) is 66.6 cm³/mol. The first-order valence-corrected chi connectivity index (χ1v) is 6.21. The molecule has 0 aromatic heterocycles. The van der Waals surface area contributed by atoms with Crippen molar-refractivity contribution in [3.05, 3.63) is 24.3 Å². The first-order valence-electron chi connectivity index (χ1n) is 6.21. The summed E-state index contributed by atoms with van der Waals surface area (Å²) in [6.45, 7) is 4.45. The Hall–Kier alpha value is -0.520. The molecule has 0 unspecified atom stereocenters.